The molecule has 21 heavy (non-hydrogen) atoms. The second-order valence-corrected chi connectivity index (χ2v) is 6.86. The SMILES string of the molecule is CC1CC(Nc2c(N)cnc3ccc(Br)cc23)CCN1C. The summed E-state index contributed by atoms with van der Waals surface area (Å²) in [4.78, 5) is 6.81. The zero-order valence-corrected chi connectivity index (χ0v) is 14.0. The Bertz CT molecular complexity index is 653. The molecule has 0 spiro atoms. The third-order valence-corrected chi connectivity index (χ3v) is 4.91. The number of hydrogen-bond acceptors (Lipinski definition) is 4. The number of nitrogens with two attached hydrogens (primary N) is 1. The van der Waals surface area contributed by atoms with Crippen LogP contribution in [0.5, 0.6) is 0 Å². The van der Waals surface area contributed by atoms with Crippen LogP contribution < -0.4 is 11.1 Å². The van der Waals surface area contributed by atoms with E-state index in [9.17, 15) is 0 Å². The monoisotopic (exact) mass is 348 g/mol. The Labute approximate surface area is 133 Å². The number of hydrogen-bond donors (Lipinski definition) is 2. The molecule has 1 saturated heterocycles. The van der Waals surface area contributed by atoms with E-state index in [4.69, 9.17) is 5.73 Å². The van der Waals surface area contributed by atoms with Gasteiger partial charge in [0.15, 0.2) is 0 Å². The molecule has 5 heteroatoms. The van der Waals surface area contributed by atoms with Crippen LogP contribution in [0.15, 0.2) is 28.9 Å². The molecule has 1 aliphatic heterocycles. The van der Waals surface area contributed by atoms with E-state index in [1.54, 1.807) is 6.20 Å². The van der Waals surface area contributed by atoms with Gasteiger partial charge in [0.25, 0.3) is 0 Å². The van der Waals surface area contributed by atoms with E-state index in [-0.39, 0.29) is 0 Å². The molecule has 0 bridgehead atoms. The first-order chi connectivity index (χ1) is 10.0. The molecule has 0 saturated carbocycles. The van der Waals surface area contributed by atoms with E-state index in [1.165, 1.54) is 0 Å². The zero-order chi connectivity index (χ0) is 15.0. The summed E-state index contributed by atoms with van der Waals surface area (Å²) in [6.45, 7) is 3.39. The maximum atomic E-state index is 6.17. The van der Waals surface area contributed by atoms with Gasteiger partial charge in [-0.15, -0.1) is 0 Å². The average molecular weight is 349 g/mol. The lowest BCUT2D eigenvalue weighted by atomic mass is 9.98. The van der Waals surface area contributed by atoms with Gasteiger partial charge in [0.2, 0.25) is 0 Å². The molecule has 1 aromatic carbocycles. The number of halogens is 1. The molecular weight excluding hydrogens is 328 g/mol. The van der Waals surface area contributed by atoms with Crippen LogP contribution in [0, 0.1) is 0 Å². The van der Waals surface area contributed by atoms with Gasteiger partial charge in [-0.25, -0.2) is 0 Å². The van der Waals surface area contributed by atoms with E-state index in [2.05, 4.69) is 51.2 Å². The van der Waals surface area contributed by atoms with Crippen molar-refractivity contribution in [1.29, 1.82) is 0 Å². The maximum absolute atomic E-state index is 6.17. The van der Waals surface area contributed by atoms with Crippen molar-refractivity contribution in [2.75, 3.05) is 24.6 Å². The number of pyridine rings is 1. The highest BCUT2D eigenvalue weighted by atomic mass is 79.9. The number of benzene rings is 1. The van der Waals surface area contributed by atoms with Crippen molar-refractivity contribution in [2.45, 2.75) is 31.8 Å². The van der Waals surface area contributed by atoms with Crippen LogP contribution in [0.3, 0.4) is 0 Å². The van der Waals surface area contributed by atoms with Crippen molar-refractivity contribution in [1.82, 2.24) is 9.88 Å². The van der Waals surface area contributed by atoms with E-state index in [0.717, 1.165) is 40.4 Å². The second-order valence-electron chi connectivity index (χ2n) is 5.95. The van der Waals surface area contributed by atoms with E-state index in [0.29, 0.717) is 17.8 Å². The minimum Gasteiger partial charge on any atom is -0.396 e. The third-order valence-electron chi connectivity index (χ3n) is 4.42. The molecular formula is C16H21BrN4. The first kappa shape index (κ1) is 14.6. The Kier molecular flexibility index (Phi) is 4.04. The summed E-state index contributed by atoms with van der Waals surface area (Å²) < 4.78 is 1.04. The standard InChI is InChI=1S/C16H21BrN4/c1-10-7-12(5-6-21(10)2)20-16-13-8-11(17)3-4-15(13)19-9-14(16)18/h3-4,8-10,12H,5-7,18H2,1-2H3,(H,19,20). The topological polar surface area (TPSA) is 54.2 Å². The van der Waals surface area contributed by atoms with E-state index in [1.807, 2.05) is 12.1 Å². The fourth-order valence-electron chi connectivity index (χ4n) is 2.97. The molecule has 4 nitrogen and oxygen atoms in total. The fourth-order valence-corrected chi connectivity index (χ4v) is 3.33. The van der Waals surface area contributed by atoms with Gasteiger partial charge in [-0.2, -0.15) is 0 Å². The normalized spacial score (nSPS) is 23.4. The summed E-state index contributed by atoms with van der Waals surface area (Å²) in [7, 11) is 2.19. The number of likely N-dealkylation sites (tertiary alicyclic amines) is 1. The molecule has 0 radical (unpaired) electrons. The highest BCUT2D eigenvalue weighted by molar-refractivity contribution is 9.10. The quantitative estimate of drug-likeness (QED) is 0.872. The molecule has 2 heterocycles. The van der Waals surface area contributed by atoms with Crippen molar-refractivity contribution >= 4 is 38.2 Å². The Hall–Kier alpha value is -1.33. The van der Waals surface area contributed by atoms with Gasteiger partial charge in [-0.3, -0.25) is 4.98 Å². The van der Waals surface area contributed by atoms with Gasteiger partial charge < -0.3 is 16.0 Å². The molecule has 112 valence electrons. The van der Waals surface area contributed by atoms with Crippen molar-refractivity contribution < 1.29 is 0 Å². The van der Waals surface area contributed by atoms with Crippen LogP contribution in [-0.2, 0) is 0 Å². The van der Waals surface area contributed by atoms with Crippen molar-refractivity contribution in [3.8, 4) is 0 Å². The predicted molar refractivity (Wildman–Crippen MR) is 92.6 cm³/mol. The van der Waals surface area contributed by atoms with Crippen molar-refractivity contribution in [3.05, 3.63) is 28.9 Å². The van der Waals surface area contributed by atoms with Gasteiger partial charge in [0, 0.05) is 28.5 Å². The van der Waals surface area contributed by atoms with Gasteiger partial charge in [0.1, 0.15) is 0 Å². The molecule has 0 amide bonds. The van der Waals surface area contributed by atoms with Crippen molar-refractivity contribution in [2.24, 2.45) is 0 Å². The van der Waals surface area contributed by atoms with Gasteiger partial charge >= 0.3 is 0 Å². The van der Waals surface area contributed by atoms with Crippen LogP contribution in [-0.4, -0.2) is 35.6 Å². The van der Waals surface area contributed by atoms with E-state index >= 15 is 0 Å². The molecule has 1 aliphatic rings. The number of rotatable bonds is 2. The first-order valence-electron chi connectivity index (χ1n) is 7.35. The summed E-state index contributed by atoms with van der Waals surface area (Å²) in [5.74, 6) is 0. The summed E-state index contributed by atoms with van der Waals surface area (Å²) in [6.07, 6.45) is 4.02. The Morgan fingerprint density at radius 3 is 3.00 bits per heavy atom. The molecule has 3 N–H and O–H groups in total. The van der Waals surface area contributed by atoms with Crippen LogP contribution in [0.25, 0.3) is 10.9 Å². The number of nitrogens with zero attached hydrogens (tertiary/aromatic N) is 2. The lowest BCUT2D eigenvalue weighted by molar-refractivity contribution is 0.190. The molecule has 0 aliphatic carbocycles. The highest BCUT2D eigenvalue weighted by Crippen LogP contribution is 2.32. The Morgan fingerprint density at radius 1 is 1.43 bits per heavy atom. The minimum atomic E-state index is 0.461. The first-order valence-corrected chi connectivity index (χ1v) is 8.14. The Balaban J connectivity index is 1.93. The van der Waals surface area contributed by atoms with Gasteiger partial charge in [-0.05, 0) is 45.0 Å². The number of anilines is 2. The number of fused-ring (bicyclic) bond motifs is 1. The molecule has 1 aromatic heterocycles. The zero-order valence-electron chi connectivity index (χ0n) is 12.4. The molecule has 3 rings (SSSR count). The predicted octanol–water partition coefficient (Wildman–Crippen LogP) is 3.47. The van der Waals surface area contributed by atoms with Crippen LogP contribution in [0.2, 0.25) is 0 Å². The van der Waals surface area contributed by atoms with Crippen LogP contribution in [0.1, 0.15) is 19.8 Å². The molecule has 1 fully saturated rings. The number of piperidine rings is 1. The van der Waals surface area contributed by atoms with Crippen LogP contribution >= 0.6 is 15.9 Å². The lowest BCUT2D eigenvalue weighted by Gasteiger charge is -2.36. The van der Waals surface area contributed by atoms with Crippen molar-refractivity contribution in [3.63, 3.8) is 0 Å². The third kappa shape index (κ3) is 2.99. The van der Waals surface area contributed by atoms with Gasteiger partial charge in [-0.1, -0.05) is 15.9 Å². The summed E-state index contributed by atoms with van der Waals surface area (Å²) in [6, 6.07) is 7.16. The molecule has 2 aromatic rings. The lowest BCUT2D eigenvalue weighted by Crippen LogP contribution is -2.42. The van der Waals surface area contributed by atoms with E-state index < -0.39 is 0 Å². The molecule has 2 atom stereocenters. The fraction of sp³-hybridized carbons (Fsp3) is 0.438. The largest absolute Gasteiger partial charge is 0.396 e. The van der Waals surface area contributed by atoms with Crippen LogP contribution in [0.4, 0.5) is 11.4 Å². The number of nitrogens with one attached hydrogen (secondary N) is 1. The summed E-state index contributed by atoms with van der Waals surface area (Å²) >= 11 is 3.53. The minimum absolute atomic E-state index is 0.461. The Morgan fingerprint density at radius 2 is 2.24 bits per heavy atom. The summed E-state index contributed by atoms with van der Waals surface area (Å²) in [5.41, 5.74) is 8.87. The van der Waals surface area contributed by atoms with Gasteiger partial charge in [0.05, 0.1) is 23.1 Å². The maximum Gasteiger partial charge on any atom is 0.0743 e. The number of nitrogen functional groups attached to an aromatic ring is 1. The highest BCUT2D eigenvalue weighted by Gasteiger charge is 2.23. The number of aromatic nitrogens is 1. The average Bonchev–Trinajstić information content (AvgIpc) is 2.46. The summed E-state index contributed by atoms with van der Waals surface area (Å²) in [5, 5.41) is 4.74. The smallest absolute Gasteiger partial charge is 0.0743 e. The second kappa shape index (κ2) is 5.81. The molecule has 2 unspecified atom stereocenters.